The Labute approximate surface area is 90.6 Å². The second-order valence-corrected chi connectivity index (χ2v) is 6.57. The first-order valence-corrected chi connectivity index (χ1v) is 6.81. The van der Waals surface area contributed by atoms with Gasteiger partial charge in [0.15, 0.2) is 0 Å². The number of nitrogens with one attached hydrogen (secondary N) is 2. The summed E-state index contributed by atoms with van der Waals surface area (Å²) in [6.45, 7) is 3.80. The molecule has 0 aromatic carbocycles. The van der Waals surface area contributed by atoms with E-state index in [0.717, 1.165) is 13.1 Å². The van der Waals surface area contributed by atoms with Crippen LogP contribution in [0.5, 0.6) is 0 Å². The number of methoxy groups -OCH3 is 1. The maximum absolute atomic E-state index is 11.8. The van der Waals surface area contributed by atoms with Gasteiger partial charge in [0, 0.05) is 13.2 Å². The smallest absolute Gasteiger partial charge is 0.216 e. The van der Waals surface area contributed by atoms with Gasteiger partial charge in [0.1, 0.15) is 0 Å². The minimum Gasteiger partial charge on any atom is -0.383 e. The molecule has 0 amide bonds. The lowest BCUT2D eigenvalue weighted by atomic mass is 10.4. The maximum Gasteiger partial charge on any atom is 0.216 e. The molecule has 1 saturated heterocycles. The topological polar surface area (TPSA) is 67.4 Å². The Morgan fingerprint density at radius 3 is 2.60 bits per heavy atom. The Balaban J connectivity index is 1.88. The van der Waals surface area contributed by atoms with E-state index in [2.05, 4.69) is 10.0 Å². The van der Waals surface area contributed by atoms with E-state index in [1.54, 1.807) is 6.92 Å². The number of sulfonamides is 1. The van der Waals surface area contributed by atoms with E-state index in [9.17, 15) is 8.42 Å². The molecular weight excluding hydrogens is 216 g/mol. The summed E-state index contributed by atoms with van der Waals surface area (Å²) >= 11 is 0. The molecule has 88 valence electrons. The average molecular weight is 234 g/mol. The molecule has 1 saturated carbocycles. The van der Waals surface area contributed by atoms with Crippen LogP contribution in [0.15, 0.2) is 0 Å². The number of hydrogen-bond donors (Lipinski definition) is 2. The van der Waals surface area contributed by atoms with Crippen molar-refractivity contribution in [3.8, 4) is 0 Å². The van der Waals surface area contributed by atoms with Gasteiger partial charge in [-0.25, -0.2) is 13.1 Å². The van der Waals surface area contributed by atoms with E-state index < -0.39 is 15.3 Å². The van der Waals surface area contributed by atoms with Gasteiger partial charge in [0.2, 0.25) is 10.0 Å². The van der Waals surface area contributed by atoms with Crippen LogP contribution in [0.3, 0.4) is 0 Å². The van der Waals surface area contributed by atoms with Crippen molar-refractivity contribution in [3.05, 3.63) is 0 Å². The highest BCUT2D eigenvalue weighted by atomic mass is 32.2. The van der Waals surface area contributed by atoms with Crippen LogP contribution in [0.1, 0.15) is 6.92 Å². The van der Waals surface area contributed by atoms with Crippen molar-refractivity contribution in [2.45, 2.75) is 18.2 Å². The summed E-state index contributed by atoms with van der Waals surface area (Å²) in [7, 11) is -1.69. The molecule has 2 N–H and O–H groups in total. The van der Waals surface area contributed by atoms with Crippen molar-refractivity contribution >= 4 is 10.0 Å². The van der Waals surface area contributed by atoms with E-state index in [0.29, 0.717) is 11.8 Å². The molecule has 1 aliphatic carbocycles. The second-order valence-electron chi connectivity index (χ2n) is 4.44. The van der Waals surface area contributed by atoms with Crippen molar-refractivity contribution in [1.82, 2.24) is 10.0 Å². The van der Waals surface area contributed by atoms with E-state index in [-0.39, 0.29) is 12.6 Å². The summed E-state index contributed by atoms with van der Waals surface area (Å²) in [4.78, 5) is 0. The third-order valence-corrected chi connectivity index (χ3v) is 5.12. The molecule has 3 unspecified atom stereocenters. The van der Waals surface area contributed by atoms with Gasteiger partial charge in [-0.15, -0.1) is 0 Å². The molecule has 1 aliphatic heterocycles. The van der Waals surface area contributed by atoms with Gasteiger partial charge in [0.05, 0.1) is 11.9 Å². The summed E-state index contributed by atoms with van der Waals surface area (Å²) in [6.07, 6.45) is 0. The number of ether oxygens (including phenoxy) is 1. The van der Waals surface area contributed by atoms with E-state index in [1.807, 2.05) is 0 Å². The molecule has 0 radical (unpaired) electrons. The molecule has 15 heavy (non-hydrogen) atoms. The second kappa shape index (κ2) is 4.01. The van der Waals surface area contributed by atoms with Crippen molar-refractivity contribution in [2.24, 2.45) is 11.8 Å². The van der Waals surface area contributed by atoms with Crippen molar-refractivity contribution in [3.63, 3.8) is 0 Å². The third kappa shape index (κ3) is 2.18. The van der Waals surface area contributed by atoms with Crippen LogP contribution in [-0.2, 0) is 14.8 Å². The fourth-order valence-corrected chi connectivity index (χ4v) is 3.50. The van der Waals surface area contributed by atoms with Crippen molar-refractivity contribution in [1.29, 1.82) is 0 Å². The molecule has 1 heterocycles. The summed E-state index contributed by atoms with van der Waals surface area (Å²) in [5.41, 5.74) is 0. The monoisotopic (exact) mass is 234 g/mol. The zero-order chi connectivity index (χ0) is 11.1. The standard InChI is InChI=1S/C9H18N2O3S/c1-6(5-14-2)15(12,13)11-9-7-3-10-4-8(7)9/h6-11H,3-5H2,1-2H3. The molecule has 3 atom stereocenters. The zero-order valence-corrected chi connectivity index (χ0v) is 9.88. The van der Waals surface area contributed by atoms with E-state index >= 15 is 0 Å². The van der Waals surface area contributed by atoms with Crippen LogP contribution in [0.25, 0.3) is 0 Å². The molecular formula is C9H18N2O3S. The van der Waals surface area contributed by atoms with Crippen LogP contribution in [0, 0.1) is 11.8 Å². The van der Waals surface area contributed by atoms with Crippen molar-refractivity contribution in [2.75, 3.05) is 26.8 Å². The molecule has 0 spiro atoms. The first kappa shape index (κ1) is 11.3. The first-order chi connectivity index (χ1) is 7.06. The highest BCUT2D eigenvalue weighted by Crippen LogP contribution is 2.42. The Morgan fingerprint density at radius 1 is 1.47 bits per heavy atom. The van der Waals surface area contributed by atoms with E-state index in [4.69, 9.17) is 4.74 Å². The van der Waals surface area contributed by atoms with Gasteiger partial charge in [-0.3, -0.25) is 0 Å². The van der Waals surface area contributed by atoms with Gasteiger partial charge in [-0.05, 0) is 31.8 Å². The lowest BCUT2D eigenvalue weighted by Crippen LogP contribution is -2.39. The zero-order valence-electron chi connectivity index (χ0n) is 9.06. The number of fused-ring (bicyclic) bond motifs is 1. The van der Waals surface area contributed by atoms with E-state index in [1.165, 1.54) is 7.11 Å². The molecule has 0 bridgehead atoms. The first-order valence-electron chi connectivity index (χ1n) is 5.27. The van der Waals surface area contributed by atoms with Gasteiger partial charge in [-0.2, -0.15) is 0 Å². The molecule has 0 aromatic rings. The Hall–Kier alpha value is -0.170. The quantitative estimate of drug-likeness (QED) is 0.651. The Kier molecular flexibility index (Phi) is 3.03. The number of hydrogen-bond acceptors (Lipinski definition) is 4. The average Bonchev–Trinajstić information content (AvgIpc) is 2.64. The summed E-state index contributed by atoms with van der Waals surface area (Å²) < 4.78 is 31.2. The predicted octanol–water partition coefficient (Wildman–Crippen LogP) is -0.841. The molecule has 2 rings (SSSR count). The highest BCUT2D eigenvalue weighted by Gasteiger charge is 2.54. The van der Waals surface area contributed by atoms with Crippen LogP contribution < -0.4 is 10.0 Å². The minimum atomic E-state index is -3.20. The molecule has 5 nitrogen and oxygen atoms in total. The largest absolute Gasteiger partial charge is 0.383 e. The molecule has 6 heteroatoms. The minimum absolute atomic E-state index is 0.163. The highest BCUT2D eigenvalue weighted by molar-refractivity contribution is 7.90. The number of rotatable bonds is 5. The third-order valence-electron chi connectivity index (χ3n) is 3.32. The van der Waals surface area contributed by atoms with Crippen LogP contribution in [-0.4, -0.2) is 46.5 Å². The molecule has 2 fully saturated rings. The summed E-state index contributed by atoms with van der Waals surface area (Å²) in [5.74, 6) is 1.02. The van der Waals surface area contributed by atoms with Gasteiger partial charge in [-0.1, -0.05) is 0 Å². The summed E-state index contributed by atoms with van der Waals surface area (Å²) in [6, 6.07) is 0.163. The fraction of sp³-hybridized carbons (Fsp3) is 1.00. The molecule has 2 aliphatic rings. The summed E-state index contributed by atoms with van der Waals surface area (Å²) in [5, 5.41) is 2.76. The Morgan fingerprint density at radius 2 is 2.07 bits per heavy atom. The fourth-order valence-electron chi connectivity index (χ4n) is 2.22. The molecule has 0 aromatic heterocycles. The van der Waals surface area contributed by atoms with Gasteiger partial charge in [0.25, 0.3) is 0 Å². The predicted molar refractivity (Wildman–Crippen MR) is 57.0 cm³/mol. The normalized spacial score (nSPS) is 36.3. The van der Waals surface area contributed by atoms with Crippen LogP contribution >= 0.6 is 0 Å². The lowest BCUT2D eigenvalue weighted by Gasteiger charge is -2.14. The van der Waals surface area contributed by atoms with Crippen LogP contribution in [0.4, 0.5) is 0 Å². The number of piperidine rings is 1. The van der Waals surface area contributed by atoms with Crippen LogP contribution in [0.2, 0.25) is 0 Å². The van der Waals surface area contributed by atoms with Gasteiger partial charge < -0.3 is 10.1 Å². The van der Waals surface area contributed by atoms with Gasteiger partial charge >= 0.3 is 0 Å². The van der Waals surface area contributed by atoms with Crippen molar-refractivity contribution < 1.29 is 13.2 Å². The maximum atomic E-state index is 11.8. The Bertz CT molecular complexity index is 320. The lowest BCUT2D eigenvalue weighted by molar-refractivity contribution is 0.200. The SMILES string of the molecule is COCC(C)S(=O)(=O)NC1C2CNCC21.